The van der Waals surface area contributed by atoms with Crippen molar-refractivity contribution in [3.8, 4) is 0 Å². The molecule has 0 fully saturated rings. The first-order valence-electron chi connectivity index (χ1n) is 4.97. The summed E-state index contributed by atoms with van der Waals surface area (Å²) in [4.78, 5) is 14.0. The molecule has 0 unspecified atom stereocenters. The Balaban J connectivity index is 2.15. The van der Waals surface area contributed by atoms with Crippen LogP contribution in [0.2, 0.25) is 0 Å². The first-order valence-corrected chi connectivity index (χ1v) is 6.60. The van der Waals surface area contributed by atoms with Crippen molar-refractivity contribution in [3.05, 3.63) is 29.5 Å². The van der Waals surface area contributed by atoms with Gasteiger partial charge in [-0.25, -0.2) is 15.0 Å². The molecule has 5 heteroatoms. The molecule has 2 aromatic rings. The highest BCUT2D eigenvalue weighted by Gasteiger charge is 2.17. The molecule has 0 aromatic carbocycles. The van der Waals surface area contributed by atoms with E-state index in [4.69, 9.17) is 0 Å². The third-order valence-corrected chi connectivity index (χ3v) is 4.34. The molecule has 2 rings (SSSR count). The lowest BCUT2D eigenvalue weighted by Gasteiger charge is -2.14. The van der Waals surface area contributed by atoms with E-state index in [1.165, 1.54) is 16.6 Å². The fourth-order valence-electron chi connectivity index (χ4n) is 1.07. The Labute approximate surface area is 103 Å². The second-order valence-electron chi connectivity index (χ2n) is 4.37. The molecule has 0 bridgehead atoms. The number of rotatable bonds is 2. The predicted octanol–water partition coefficient (Wildman–Crippen LogP) is 3.38. The fourth-order valence-corrected chi connectivity index (χ4v) is 2.92. The SMILES string of the molecule is CC(C)(C)c1cnc(Sc2ncccn2)s1. The Morgan fingerprint density at radius 2 is 1.81 bits per heavy atom. The lowest BCUT2D eigenvalue weighted by molar-refractivity contribution is 0.602. The number of hydrogen-bond donors (Lipinski definition) is 0. The Morgan fingerprint density at radius 3 is 2.38 bits per heavy atom. The van der Waals surface area contributed by atoms with Crippen LogP contribution in [0.4, 0.5) is 0 Å². The molecule has 0 saturated carbocycles. The molecule has 0 saturated heterocycles. The van der Waals surface area contributed by atoms with Crippen molar-refractivity contribution in [2.75, 3.05) is 0 Å². The van der Waals surface area contributed by atoms with E-state index in [1.54, 1.807) is 23.7 Å². The summed E-state index contributed by atoms with van der Waals surface area (Å²) in [6, 6.07) is 1.81. The van der Waals surface area contributed by atoms with Gasteiger partial charge >= 0.3 is 0 Å². The molecule has 2 heterocycles. The van der Waals surface area contributed by atoms with Crippen LogP contribution in [0.3, 0.4) is 0 Å². The van der Waals surface area contributed by atoms with E-state index in [2.05, 4.69) is 35.7 Å². The quantitative estimate of drug-likeness (QED) is 0.767. The minimum atomic E-state index is 0.161. The Hall–Kier alpha value is -0.940. The summed E-state index contributed by atoms with van der Waals surface area (Å²) < 4.78 is 0.996. The molecule has 0 atom stereocenters. The van der Waals surface area contributed by atoms with Crippen molar-refractivity contribution in [2.45, 2.75) is 35.7 Å². The molecule has 3 nitrogen and oxygen atoms in total. The maximum absolute atomic E-state index is 4.38. The lowest BCUT2D eigenvalue weighted by atomic mass is 9.96. The monoisotopic (exact) mass is 251 g/mol. The summed E-state index contributed by atoms with van der Waals surface area (Å²) in [5.74, 6) is 0. The Morgan fingerprint density at radius 1 is 1.12 bits per heavy atom. The van der Waals surface area contributed by atoms with Gasteiger partial charge in [0, 0.05) is 23.5 Å². The van der Waals surface area contributed by atoms with Crippen molar-refractivity contribution in [2.24, 2.45) is 0 Å². The number of hydrogen-bond acceptors (Lipinski definition) is 5. The zero-order chi connectivity index (χ0) is 11.6. The molecule has 0 amide bonds. The zero-order valence-corrected chi connectivity index (χ0v) is 11.1. The van der Waals surface area contributed by atoms with Crippen LogP contribution in [0.5, 0.6) is 0 Å². The van der Waals surface area contributed by atoms with Gasteiger partial charge in [-0.2, -0.15) is 0 Å². The summed E-state index contributed by atoms with van der Waals surface area (Å²) in [5, 5.41) is 0.748. The van der Waals surface area contributed by atoms with E-state index < -0.39 is 0 Å². The van der Waals surface area contributed by atoms with E-state index in [0.29, 0.717) is 0 Å². The van der Waals surface area contributed by atoms with Gasteiger partial charge in [0.05, 0.1) is 0 Å². The molecule has 0 radical (unpaired) electrons. The largest absolute Gasteiger partial charge is 0.237 e. The van der Waals surface area contributed by atoms with E-state index in [-0.39, 0.29) is 5.41 Å². The second-order valence-corrected chi connectivity index (χ2v) is 6.62. The van der Waals surface area contributed by atoms with Gasteiger partial charge in [-0.3, -0.25) is 0 Å². The normalized spacial score (nSPS) is 11.7. The van der Waals surface area contributed by atoms with Crippen LogP contribution in [0.15, 0.2) is 34.2 Å². The van der Waals surface area contributed by atoms with E-state index in [1.807, 2.05) is 12.3 Å². The number of thiazole rings is 1. The smallest absolute Gasteiger partial charge is 0.194 e. The molecule has 0 N–H and O–H groups in total. The van der Waals surface area contributed by atoms with Gasteiger partial charge in [-0.15, -0.1) is 11.3 Å². The average molecular weight is 251 g/mol. The highest BCUT2D eigenvalue weighted by molar-refractivity contribution is 8.00. The number of nitrogens with zero attached hydrogens (tertiary/aromatic N) is 3. The van der Waals surface area contributed by atoms with E-state index >= 15 is 0 Å². The lowest BCUT2D eigenvalue weighted by Crippen LogP contribution is -2.07. The van der Waals surface area contributed by atoms with Crippen LogP contribution in [0, 0.1) is 0 Å². The van der Waals surface area contributed by atoms with Crippen molar-refractivity contribution in [1.29, 1.82) is 0 Å². The van der Waals surface area contributed by atoms with Crippen LogP contribution in [0.1, 0.15) is 25.6 Å². The maximum atomic E-state index is 4.38. The zero-order valence-electron chi connectivity index (χ0n) is 9.47. The number of aromatic nitrogens is 3. The van der Waals surface area contributed by atoms with Gasteiger partial charge in [0.15, 0.2) is 9.50 Å². The van der Waals surface area contributed by atoms with Crippen LogP contribution in [0.25, 0.3) is 0 Å². The molecule has 0 aliphatic heterocycles. The van der Waals surface area contributed by atoms with E-state index in [0.717, 1.165) is 9.50 Å². The Kier molecular flexibility index (Phi) is 3.25. The van der Waals surface area contributed by atoms with Gasteiger partial charge in [0.2, 0.25) is 0 Å². The van der Waals surface area contributed by atoms with Crippen molar-refractivity contribution in [1.82, 2.24) is 15.0 Å². The third-order valence-electron chi connectivity index (χ3n) is 1.94. The van der Waals surface area contributed by atoms with Gasteiger partial charge < -0.3 is 0 Å². The molecule has 0 aliphatic carbocycles. The topological polar surface area (TPSA) is 38.7 Å². The van der Waals surface area contributed by atoms with Gasteiger partial charge in [-0.1, -0.05) is 20.8 Å². The first kappa shape index (κ1) is 11.5. The minimum absolute atomic E-state index is 0.161. The van der Waals surface area contributed by atoms with Crippen molar-refractivity contribution < 1.29 is 0 Å². The molecular formula is C11H13N3S2. The summed E-state index contributed by atoms with van der Waals surface area (Å²) in [5.41, 5.74) is 0.161. The fraction of sp³-hybridized carbons (Fsp3) is 0.364. The Bertz CT molecular complexity index is 460. The van der Waals surface area contributed by atoms with Crippen molar-refractivity contribution >= 4 is 23.1 Å². The van der Waals surface area contributed by atoms with Crippen LogP contribution in [-0.2, 0) is 5.41 Å². The highest BCUT2D eigenvalue weighted by Crippen LogP contribution is 2.34. The molecule has 16 heavy (non-hydrogen) atoms. The third kappa shape index (κ3) is 2.80. The summed E-state index contributed by atoms with van der Waals surface area (Å²) in [6.45, 7) is 6.57. The summed E-state index contributed by atoms with van der Waals surface area (Å²) in [6.07, 6.45) is 5.43. The first-order chi connectivity index (χ1) is 7.55. The molecular weight excluding hydrogens is 238 g/mol. The van der Waals surface area contributed by atoms with Gasteiger partial charge in [0.25, 0.3) is 0 Å². The molecule has 2 aromatic heterocycles. The summed E-state index contributed by atoms with van der Waals surface area (Å²) >= 11 is 3.22. The minimum Gasteiger partial charge on any atom is -0.237 e. The van der Waals surface area contributed by atoms with E-state index in [9.17, 15) is 0 Å². The van der Waals surface area contributed by atoms with Crippen molar-refractivity contribution in [3.63, 3.8) is 0 Å². The molecule has 84 valence electrons. The molecule has 0 spiro atoms. The maximum Gasteiger partial charge on any atom is 0.194 e. The van der Waals surface area contributed by atoms with Gasteiger partial charge in [0.1, 0.15) is 0 Å². The predicted molar refractivity (Wildman–Crippen MR) is 67.0 cm³/mol. The standard InChI is InChI=1S/C11H13N3S2/c1-11(2,3)8-7-14-10(15-8)16-9-12-5-4-6-13-9/h4-7H,1-3H3. The molecule has 0 aliphatic rings. The summed E-state index contributed by atoms with van der Waals surface area (Å²) in [7, 11) is 0. The van der Waals surface area contributed by atoms with Gasteiger partial charge in [-0.05, 0) is 23.2 Å². The highest BCUT2D eigenvalue weighted by atomic mass is 32.2. The average Bonchev–Trinajstić information content (AvgIpc) is 2.67. The van der Waals surface area contributed by atoms with Crippen LogP contribution < -0.4 is 0 Å². The second kappa shape index (κ2) is 4.51. The van der Waals surface area contributed by atoms with Crippen LogP contribution in [-0.4, -0.2) is 15.0 Å². The van der Waals surface area contributed by atoms with Crippen LogP contribution >= 0.6 is 23.1 Å².